The highest BCUT2D eigenvalue weighted by molar-refractivity contribution is 7.12. The van der Waals surface area contributed by atoms with Gasteiger partial charge in [0.25, 0.3) is 0 Å². The van der Waals surface area contributed by atoms with Gasteiger partial charge in [0.05, 0.1) is 24.4 Å². The number of ether oxygens (including phenoxy) is 1. The van der Waals surface area contributed by atoms with Gasteiger partial charge in [-0.3, -0.25) is 9.59 Å². The van der Waals surface area contributed by atoms with Crippen molar-refractivity contribution < 1.29 is 14.3 Å². The van der Waals surface area contributed by atoms with Crippen molar-refractivity contribution >= 4 is 23.1 Å². The van der Waals surface area contributed by atoms with Crippen molar-refractivity contribution in [2.45, 2.75) is 38.6 Å². The Morgan fingerprint density at radius 2 is 2.21 bits per heavy atom. The second kappa shape index (κ2) is 8.82. The summed E-state index contributed by atoms with van der Waals surface area (Å²) in [5, 5.41) is 5.02. The minimum Gasteiger partial charge on any atom is -0.469 e. The molecule has 0 fully saturated rings. The Morgan fingerprint density at radius 1 is 1.42 bits per heavy atom. The summed E-state index contributed by atoms with van der Waals surface area (Å²) >= 11 is 1.40. The number of nitrogens with one attached hydrogen (secondary N) is 1. The second-order valence-electron chi connectivity index (χ2n) is 4.34. The van der Waals surface area contributed by atoms with Gasteiger partial charge in [-0.1, -0.05) is 25.8 Å². The van der Waals surface area contributed by atoms with Crippen molar-refractivity contribution in [3.8, 4) is 0 Å². The molecule has 0 saturated heterocycles. The third kappa shape index (κ3) is 5.53. The molecular formula is C14H21NO3S. The van der Waals surface area contributed by atoms with Gasteiger partial charge in [0, 0.05) is 0 Å². The number of thiophene rings is 1. The average Bonchev–Trinajstić information content (AvgIpc) is 2.95. The summed E-state index contributed by atoms with van der Waals surface area (Å²) in [4.78, 5) is 24.3. The molecule has 0 aliphatic carbocycles. The summed E-state index contributed by atoms with van der Waals surface area (Å²) in [7, 11) is 1.34. The summed E-state index contributed by atoms with van der Waals surface area (Å²) in [6, 6.07) is 3.14. The molecule has 5 heteroatoms. The van der Waals surface area contributed by atoms with E-state index in [-0.39, 0.29) is 18.2 Å². The first kappa shape index (κ1) is 15.9. The molecule has 0 aliphatic rings. The van der Waals surface area contributed by atoms with E-state index in [0.29, 0.717) is 4.88 Å². The standard InChI is InChI=1S/C14H21NO3S/c1-3-4-5-8-15-11(10-13(16)18-2)14(17)12-7-6-9-19-12/h6-7,9,11,15H,3-5,8,10H2,1-2H3. The van der Waals surface area contributed by atoms with Crippen LogP contribution in [0.1, 0.15) is 42.3 Å². The molecule has 0 bridgehead atoms. The van der Waals surface area contributed by atoms with Crippen LogP contribution < -0.4 is 5.32 Å². The van der Waals surface area contributed by atoms with Crippen molar-refractivity contribution in [3.05, 3.63) is 22.4 Å². The molecule has 0 aromatic carbocycles. The van der Waals surface area contributed by atoms with Crippen LogP contribution in [0.15, 0.2) is 17.5 Å². The zero-order chi connectivity index (χ0) is 14.1. The Kier molecular flexibility index (Phi) is 7.36. The summed E-state index contributed by atoms with van der Waals surface area (Å²) in [5.41, 5.74) is 0. The molecule has 1 atom stereocenters. The first-order valence-electron chi connectivity index (χ1n) is 6.57. The van der Waals surface area contributed by atoms with Gasteiger partial charge in [-0.15, -0.1) is 11.3 Å². The number of methoxy groups -OCH3 is 1. The van der Waals surface area contributed by atoms with E-state index in [9.17, 15) is 9.59 Å². The fraction of sp³-hybridized carbons (Fsp3) is 0.571. The Hall–Kier alpha value is -1.20. The van der Waals surface area contributed by atoms with E-state index in [4.69, 9.17) is 0 Å². The van der Waals surface area contributed by atoms with Gasteiger partial charge >= 0.3 is 5.97 Å². The van der Waals surface area contributed by atoms with Gasteiger partial charge in [-0.2, -0.15) is 0 Å². The van der Waals surface area contributed by atoms with Gasteiger partial charge < -0.3 is 10.1 Å². The molecule has 1 rings (SSSR count). The highest BCUT2D eigenvalue weighted by Gasteiger charge is 2.23. The normalized spacial score (nSPS) is 12.1. The highest BCUT2D eigenvalue weighted by atomic mass is 32.1. The second-order valence-corrected chi connectivity index (χ2v) is 5.28. The molecular weight excluding hydrogens is 262 g/mol. The number of Topliss-reactive ketones (excluding diaryl/α,β-unsaturated/α-hetero) is 1. The number of carbonyl (C=O) groups is 2. The number of ketones is 1. The number of hydrogen-bond donors (Lipinski definition) is 1. The third-order valence-electron chi connectivity index (χ3n) is 2.85. The van der Waals surface area contributed by atoms with Crippen LogP contribution in [0, 0.1) is 0 Å². The molecule has 0 saturated carbocycles. The molecule has 1 N–H and O–H groups in total. The Labute approximate surface area is 118 Å². The molecule has 0 spiro atoms. The van der Waals surface area contributed by atoms with E-state index in [1.54, 1.807) is 6.07 Å². The van der Waals surface area contributed by atoms with Crippen LogP contribution >= 0.6 is 11.3 Å². The molecule has 1 unspecified atom stereocenters. The molecule has 0 amide bonds. The summed E-state index contributed by atoms with van der Waals surface area (Å²) in [5.74, 6) is -0.394. The Bertz CT molecular complexity index is 389. The molecule has 1 heterocycles. The van der Waals surface area contributed by atoms with Crippen LogP contribution in [0.4, 0.5) is 0 Å². The topological polar surface area (TPSA) is 55.4 Å². The fourth-order valence-corrected chi connectivity index (χ4v) is 2.47. The van der Waals surface area contributed by atoms with Crippen molar-refractivity contribution in [2.75, 3.05) is 13.7 Å². The van der Waals surface area contributed by atoms with Crippen molar-refractivity contribution in [1.29, 1.82) is 0 Å². The average molecular weight is 283 g/mol. The first-order chi connectivity index (χ1) is 9.19. The van der Waals surface area contributed by atoms with E-state index >= 15 is 0 Å². The smallest absolute Gasteiger partial charge is 0.307 e. The van der Waals surface area contributed by atoms with Crippen LogP contribution in [0.3, 0.4) is 0 Å². The summed E-state index contributed by atoms with van der Waals surface area (Å²) in [6.45, 7) is 2.87. The van der Waals surface area contributed by atoms with Crippen molar-refractivity contribution in [3.63, 3.8) is 0 Å². The largest absolute Gasteiger partial charge is 0.469 e. The van der Waals surface area contributed by atoms with Crippen LogP contribution in [0.5, 0.6) is 0 Å². The maximum absolute atomic E-state index is 12.3. The summed E-state index contributed by atoms with van der Waals surface area (Å²) < 4.78 is 4.65. The maximum atomic E-state index is 12.3. The monoisotopic (exact) mass is 283 g/mol. The van der Waals surface area contributed by atoms with Gasteiger partial charge in [0.15, 0.2) is 5.78 Å². The van der Waals surface area contributed by atoms with Crippen LogP contribution in [-0.4, -0.2) is 31.4 Å². The zero-order valence-corrected chi connectivity index (χ0v) is 12.3. The third-order valence-corrected chi connectivity index (χ3v) is 3.73. The van der Waals surface area contributed by atoms with E-state index in [1.165, 1.54) is 18.4 Å². The summed E-state index contributed by atoms with van der Waals surface area (Å²) in [6.07, 6.45) is 3.33. The molecule has 1 aromatic heterocycles. The van der Waals surface area contributed by atoms with Crippen molar-refractivity contribution in [2.24, 2.45) is 0 Å². The lowest BCUT2D eigenvalue weighted by atomic mass is 10.1. The lowest BCUT2D eigenvalue weighted by Crippen LogP contribution is -2.39. The Balaban J connectivity index is 2.58. The minimum atomic E-state index is -0.483. The van der Waals surface area contributed by atoms with Crippen LogP contribution in [-0.2, 0) is 9.53 Å². The van der Waals surface area contributed by atoms with E-state index < -0.39 is 6.04 Å². The predicted octanol–water partition coefficient (Wildman–Crippen LogP) is 2.64. The van der Waals surface area contributed by atoms with Gasteiger partial charge in [0.1, 0.15) is 0 Å². The van der Waals surface area contributed by atoms with Crippen LogP contribution in [0.25, 0.3) is 0 Å². The molecule has 1 aromatic rings. The lowest BCUT2D eigenvalue weighted by molar-refractivity contribution is -0.140. The predicted molar refractivity (Wildman–Crippen MR) is 76.6 cm³/mol. The minimum absolute atomic E-state index is 0.0306. The van der Waals surface area contributed by atoms with Crippen molar-refractivity contribution in [1.82, 2.24) is 5.32 Å². The quantitative estimate of drug-likeness (QED) is 0.430. The lowest BCUT2D eigenvalue weighted by Gasteiger charge is -2.15. The van der Waals surface area contributed by atoms with Crippen LogP contribution in [0.2, 0.25) is 0 Å². The van der Waals surface area contributed by atoms with Gasteiger partial charge in [0.2, 0.25) is 0 Å². The number of esters is 1. The van der Waals surface area contributed by atoms with E-state index in [2.05, 4.69) is 17.0 Å². The van der Waals surface area contributed by atoms with Gasteiger partial charge in [-0.25, -0.2) is 0 Å². The van der Waals surface area contributed by atoms with Gasteiger partial charge in [-0.05, 0) is 24.4 Å². The molecule has 0 aliphatic heterocycles. The number of rotatable bonds is 9. The first-order valence-corrected chi connectivity index (χ1v) is 7.45. The number of hydrogen-bond acceptors (Lipinski definition) is 5. The molecule has 0 radical (unpaired) electrons. The zero-order valence-electron chi connectivity index (χ0n) is 11.5. The van der Waals surface area contributed by atoms with E-state index in [0.717, 1.165) is 25.8 Å². The maximum Gasteiger partial charge on any atom is 0.307 e. The number of carbonyl (C=O) groups excluding carboxylic acids is 2. The molecule has 106 valence electrons. The number of unbranched alkanes of at least 4 members (excludes halogenated alkanes) is 2. The highest BCUT2D eigenvalue weighted by Crippen LogP contribution is 2.13. The molecule has 19 heavy (non-hydrogen) atoms. The van der Waals surface area contributed by atoms with E-state index in [1.807, 2.05) is 11.4 Å². The SMILES string of the molecule is CCCCCNC(CC(=O)OC)C(=O)c1cccs1. The molecule has 4 nitrogen and oxygen atoms in total. The Morgan fingerprint density at radius 3 is 2.79 bits per heavy atom. The fourth-order valence-electron chi connectivity index (χ4n) is 1.75.